The van der Waals surface area contributed by atoms with Gasteiger partial charge in [0.2, 0.25) is 15.9 Å². The number of rotatable bonds is 4. The van der Waals surface area contributed by atoms with E-state index in [-0.39, 0.29) is 11.9 Å². The number of hydrogen-bond donors (Lipinski definition) is 0. The molecule has 3 rings (SSSR count). The number of carbonyl (C=O) groups excluding carboxylic acids is 1. The second-order valence-corrected chi connectivity index (χ2v) is 7.75. The molecule has 21 heavy (non-hydrogen) atoms. The minimum Gasteiger partial charge on any atom is -0.312 e. The lowest BCUT2D eigenvalue weighted by molar-refractivity contribution is -0.119. The van der Waals surface area contributed by atoms with E-state index in [1.165, 1.54) is 4.31 Å². The highest BCUT2D eigenvalue weighted by Gasteiger charge is 2.35. The van der Waals surface area contributed by atoms with Gasteiger partial charge in [0.25, 0.3) is 0 Å². The van der Waals surface area contributed by atoms with E-state index in [1.54, 1.807) is 36.2 Å². The van der Waals surface area contributed by atoms with Crippen LogP contribution >= 0.6 is 0 Å². The topological polar surface area (TPSA) is 57.7 Å². The van der Waals surface area contributed by atoms with Crippen LogP contribution in [0.1, 0.15) is 32.1 Å². The van der Waals surface area contributed by atoms with Gasteiger partial charge in [0.15, 0.2) is 0 Å². The lowest BCUT2D eigenvalue weighted by Gasteiger charge is -2.27. The highest BCUT2D eigenvalue weighted by Crippen LogP contribution is 2.31. The number of nitrogens with zero attached hydrogens (tertiary/aromatic N) is 2. The molecule has 1 aromatic rings. The summed E-state index contributed by atoms with van der Waals surface area (Å²) >= 11 is 0. The molecule has 114 valence electrons. The first-order chi connectivity index (χ1) is 10.00. The minimum atomic E-state index is -3.41. The molecule has 1 aromatic carbocycles. The van der Waals surface area contributed by atoms with Crippen LogP contribution < -0.4 is 4.90 Å². The molecule has 1 saturated heterocycles. The van der Waals surface area contributed by atoms with Gasteiger partial charge in [-0.15, -0.1) is 0 Å². The Morgan fingerprint density at radius 2 is 1.81 bits per heavy atom. The molecule has 2 aliphatic rings. The van der Waals surface area contributed by atoms with Crippen LogP contribution in [0.25, 0.3) is 0 Å². The Balaban J connectivity index is 1.82. The summed E-state index contributed by atoms with van der Waals surface area (Å²) in [6.07, 6.45) is 4.39. The van der Waals surface area contributed by atoms with E-state index in [9.17, 15) is 13.2 Å². The smallest absolute Gasteiger partial charge is 0.243 e. The van der Waals surface area contributed by atoms with Crippen molar-refractivity contribution in [3.63, 3.8) is 0 Å². The SMILES string of the molecule is CN(C1CC1)S(=O)(=O)c1ccc(N2CCCCC2=O)cc1. The zero-order valence-electron chi connectivity index (χ0n) is 12.2. The van der Waals surface area contributed by atoms with Crippen molar-refractivity contribution in [3.05, 3.63) is 24.3 Å². The fourth-order valence-electron chi connectivity index (χ4n) is 2.68. The molecule has 1 aliphatic heterocycles. The molecule has 1 aliphatic carbocycles. The first kappa shape index (κ1) is 14.5. The van der Waals surface area contributed by atoms with Gasteiger partial charge in [0.05, 0.1) is 4.90 Å². The van der Waals surface area contributed by atoms with Crippen LogP contribution in [0.2, 0.25) is 0 Å². The van der Waals surface area contributed by atoms with E-state index in [0.717, 1.165) is 31.4 Å². The fourth-order valence-corrected chi connectivity index (χ4v) is 4.09. The largest absolute Gasteiger partial charge is 0.312 e. The van der Waals surface area contributed by atoms with Crippen molar-refractivity contribution in [2.75, 3.05) is 18.5 Å². The third-order valence-electron chi connectivity index (χ3n) is 4.21. The summed E-state index contributed by atoms with van der Waals surface area (Å²) in [7, 11) is -1.77. The molecule has 0 atom stereocenters. The molecule has 6 heteroatoms. The second kappa shape index (κ2) is 5.42. The van der Waals surface area contributed by atoms with Gasteiger partial charge in [0, 0.05) is 31.7 Å². The molecule has 0 aromatic heterocycles. The molecule has 0 spiro atoms. The number of anilines is 1. The van der Waals surface area contributed by atoms with Crippen molar-refractivity contribution in [1.82, 2.24) is 4.31 Å². The third kappa shape index (κ3) is 2.82. The zero-order valence-corrected chi connectivity index (χ0v) is 13.0. The van der Waals surface area contributed by atoms with E-state index in [1.807, 2.05) is 0 Å². The van der Waals surface area contributed by atoms with Crippen LogP contribution in [0.3, 0.4) is 0 Å². The van der Waals surface area contributed by atoms with Crippen LogP contribution in [0.5, 0.6) is 0 Å². The molecule has 0 unspecified atom stereocenters. The van der Waals surface area contributed by atoms with Crippen molar-refractivity contribution >= 4 is 21.6 Å². The van der Waals surface area contributed by atoms with Gasteiger partial charge in [0.1, 0.15) is 0 Å². The maximum atomic E-state index is 12.4. The molecule has 2 fully saturated rings. The number of sulfonamides is 1. The predicted octanol–water partition coefficient (Wildman–Crippen LogP) is 1.99. The summed E-state index contributed by atoms with van der Waals surface area (Å²) in [6, 6.07) is 6.82. The van der Waals surface area contributed by atoms with Crippen molar-refractivity contribution in [3.8, 4) is 0 Å². The molecule has 1 heterocycles. The van der Waals surface area contributed by atoms with E-state index in [0.29, 0.717) is 17.9 Å². The standard InChI is InChI=1S/C15H20N2O3S/c1-16(12-5-6-12)21(19,20)14-9-7-13(8-10-14)17-11-3-2-4-15(17)18/h7-10,12H,2-6,11H2,1H3. The predicted molar refractivity (Wildman–Crippen MR) is 80.6 cm³/mol. The quantitative estimate of drug-likeness (QED) is 0.854. The molecular weight excluding hydrogens is 288 g/mol. The molecule has 0 radical (unpaired) electrons. The van der Waals surface area contributed by atoms with Gasteiger partial charge in [-0.1, -0.05) is 0 Å². The van der Waals surface area contributed by atoms with Crippen molar-refractivity contribution in [2.45, 2.75) is 43.0 Å². The Hall–Kier alpha value is -1.40. The molecular formula is C15H20N2O3S. The highest BCUT2D eigenvalue weighted by molar-refractivity contribution is 7.89. The fraction of sp³-hybridized carbons (Fsp3) is 0.533. The number of hydrogen-bond acceptors (Lipinski definition) is 3. The second-order valence-electron chi connectivity index (χ2n) is 5.75. The molecule has 1 amide bonds. The van der Waals surface area contributed by atoms with Crippen molar-refractivity contribution in [2.24, 2.45) is 0 Å². The monoisotopic (exact) mass is 308 g/mol. The van der Waals surface area contributed by atoms with E-state index < -0.39 is 10.0 Å². The van der Waals surface area contributed by atoms with E-state index >= 15 is 0 Å². The summed E-state index contributed by atoms with van der Waals surface area (Å²) < 4.78 is 26.3. The Labute approximate surface area is 125 Å². The zero-order chi connectivity index (χ0) is 15.0. The number of piperidine rings is 1. The Bertz CT molecular complexity index is 635. The molecule has 0 bridgehead atoms. The average Bonchev–Trinajstić information content (AvgIpc) is 3.32. The van der Waals surface area contributed by atoms with Crippen LogP contribution in [0, 0.1) is 0 Å². The van der Waals surface area contributed by atoms with Gasteiger partial charge in [-0.3, -0.25) is 4.79 Å². The van der Waals surface area contributed by atoms with Gasteiger partial charge < -0.3 is 4.90 Å². The van der Waals surface area contributed by atoms with Crippen LogP contribution in [0.15, 0.2) is 29.2 Å². The maximum absolute atomic E-state index is 12.4. The highest BCUT2D eigenvalue weighted by atomic mass is 32.2. The summed E-state index contributed by atoms with van der Waals surface area (Å²) in [5, 5.41) is 0. The number of carbonyl (C=O) groups is 1. The Kier molecular flexibility index (Phi) is 3.75. The minimum absolute atomic E-state index is 0.118. The van der Waals surface area contributed by atoms with Gasteiger partial charge in [-0.2, -0.15) is 4.31 Å². The lowest BCUT2D eigenvalue weighted by atomic mass is 10.1. The first-order valence-corrected chi connectivity index (χ1v) is 8.82. The van der Waals surface area contributed by atoms with E-state index in [4.69, 9.17) is 0 Å². The number of amides is 1. The van der Waals surface area contributed by atoms with Crippen molar-refractivity contribution < 1.29 is 13.2 Å². The van der Waals surface area contributed by atoms with Gasteiger partial charge in [-0.25, -0.2) is 8.42 Å². The normalized spacial score (nSPS) is 20.1. The maximum Gasteiger partial charge on any atom is 0.243 e. The first-order valence-electron chi connectivity index (χ1n) is 7.38. The molecule has 5 nitrogen and oxygen atoms in total. The molecule has 1 saturated carbocycles. The number of benzene rings is 1. The van der Waals surface area contributed by atoms with Crippen LogP contribution in [0.4, 0.5) is 5.69 Å². The third-order valence-corrected chi connectivity index (χ3v) is 6.13. The summed E-state index contributed by atoms with van der Waals surface area (Å²) in [4.78, 5) is 13.9. The van der Waals surface area contributed by atoms with Crippen LogP contribution in [-0.2, 0) is 14.8 Å². The van der Waals surface area contributed by atoms with Crippen LogP contribution in [-0.4, -0.2) is 38.3 Å². The van der Waals surface area contributed by atoms with E-state index in [2.05, 4.69) is 0 Å². The summed E-state index contributed by atoms with van der Waals surface area (Å²) in [6.45, 7) is 0.715. The Morgan fingerprint density at radius 3 is 2.38 bits per heavy atom. The lowest BCUT2D eigenvalue weighted by Crippen LogP contribution is -2.35. The summed E-state index contributed by atoms with van der Waals surface area (Å²) in [5.74, 6) is 0.118. The summed E-state index contributed by atoms with van der Waals surface area (Å²) in [5.41, 5.74) is 0.785. The Morgan fingerprint density at radius 1 is 1.14 bits per heavy atom. The van der Waals surface area contributed by atoms with Gasteiger partial charge >= 0.3 is 0 Å². The van der Waals surface area contributed by atoms with Gasteiger partial charge in [-0.05, 0) is 49.9 Å². The molecule has 0 N–H and O–H groups in total. The average molecular weight is 308 g/mol. The van der Waals surface area contributed by atoms with Crippen molar-refractivity contribution in [1.29, 1.82) is 0 Å².